The molecule has 0 fully saturated rings. The molecule has 0 spiro atoms. The van der Waals surface area contributed by atoms with Crippen LogP contribution in [-0.4, -0.2) is 19.0 Å². The van der Waals surface area contributed by atoms with Gasteiger partial charge in [0.15, 0.2) is 0 Å². The second-order valence-corrected chi connectivity index (χ2v) is 5.95. The predicted octanol–water partition coefficient (Wildman–Crippen LogP) is 4.62. The van der Waals surface area contributed by atoms with Gasteiger partial charge in [-0.3, -0.25) is 0 Å². The van der Waals surface area contributed by atoms with Crippen molar-refractivity contribution in [3.8, 4) is 0 Å². The Hall–Kier alpha value is -1.80. The van der Waals surface area contributed by atoms with Gasteiger partial charge in [-0.15, -0.1) is 0 Å². The molecule has 1 N–H and O–H groups in total. The van der Waals surface area contributed by atoms with Crippen LogP contribution >= 0.6 is 0 Å². The lowest BCUT2D eigenvalue weighted by atomic mass is 10.0. The quantitative estimate of drug-likeness (QED) is 0.831. The van der Waals surface area contributed by atoms with Crippen molar-refractivity contribution >= 4 is 5.69 Å². The maximum Gasteiger partial charge on any atom is 0.0511 e. The maximum absolute atomic E-state index is 3.63. The number of nitrogens with one attached hydrogen (secondary N) is 1. The Kier molecular flexibility index (Phi) is 5.40. The first kappa shape index (κ1) is 15.6. The minimum atomic E-state index is 0.366. The summed E-state index contributed by atoms with van der Waals surface area (Å²) in [7, 11) is 4.19. The van der Waals surface area contributed by atoms with Crippen molar-refractivity contribution in [3.63, 3.8) is 0 Å². The normalized spacial score (nSPS) is 12.4. The fraction of sp³-hybridized carbons (Fsp3) is 0.368. The molecule has 2 rings (SSSR count). The van der Waals surface area contributed by atoms with Crippen LogP contribution < -0.4 is 5.32 Å². The lowest BCUT2D eigenvalue weighted by Crippen LogP contribution is -2.11. The summed E-state index contributed by atoms with van der Waals surface area (Å²) in [6.45, 7) is 5.33. The van der Waals surface area contributed by atoms with E-state index in [2.05, 4.69) is 86.7 Å². The molecule has 0 aliphatic heterocycles. The van der Waals surface area contributed by atoms with Gasteiger partial charge in [0.1, 0.15) is 0 Å². The average Bonchev–Trinajstić information content (AvgIpc) is 2.47. The summed E-state index contributed by atoms with van der Waals surface area (Å²) >= 11 is 0. The summed E-state index contributed by atoms with van der Waals surface area (Å²) in [4.78, 5) is 2.18. The van der Waals surface area contributed by atoms with Crippen LogP contribution in [0.4, 0.5) is 5.69 Å². The summed E-state index contributed by atoms with van der Waals surface area (Å²) in [5, 5.41) is 3.63. The van der Waals surface area contributed by atoms with Gasteiger partial charge in [-0.1, -0.05) is 48.9 Å². The molecule has 112 valence electrons. The van der Waals surface area contributed by atoms with E-state index in [4.69, 9.17) is 0 Å². The van der Waals surface area contributed by atoms with Gasteiger partial charge in [0.2, 0.25) is 0 Å². The molecule has 0 aliphatic carbocycles. The number of rotatable bonds is 6. The number of anilines is 1. The number of nitrogens with zero attached hydrogens (tertiary/aromatic N) is 1. The molecule has 21 heavy (non-hydrogen) atoms. The number of hydrogen-bond acceptors (Lipinski definition) is 2. The topological polar surface area (TPSA) is 15.3 Å². The Labute approximate surface area is 128 Å². The van der Waals surface area contributed by atoms with Crippen molar-refractivity contribution in [3.05, 3.63) is 65.2 Å². The number of benzene rings is 2. The predicted molar refractivity (Wildman–Crippen MR) is 91.7 cm³/mol. The van der Waals surface area contributed by atoms with Crippen LogP contribution in [0.5, 0.6) is 0 Å². The third-order valence-corrected chi connectivity index (χ3v) is 3.68. The van der Waals surface area contributed by atoms with Gasteiger partial charge in [0.25, 0.3) is 0 Å². The van der Waals surface area contributed by atoms with E-state index >= 15 is 0 Å². The first-order chi connectivity index (χ1) is 10.1. The highest BCUT2D eigenvalue weighted by Crippen LogP contribution is 2.23. The van der Waals surface area contributed by atoms with E-state index in [9.17, 15) is 0 Å². The molecule has 1 atom stereocenters. The molecule has 2 heteroatoms. The van der Waals surface area contributed by atoms with Gasteiger partial charge in [0, 0.05) is 12.2 Å². The zero-order valence-electron chi connectivity index (χ0n) is 13.6. The van der Waals surface area contributed by atoms with E-state index in [0.29, 0.717) is 6.04 Å². The Balaban J connectivity index is 2.06. The Morgan fingerprint density at radius 1 is 0.952 bits per heavy atom. The molecule has 2 aromatic rings. The maximum atomic E-state index is 3.63. The van der Waals surface area contributed by atoms with Crippen LogP contribution in [0, 0.1) is 6.92 Å². The van der Waals surface area contributed by atoms with Crippen LogP contribution in [0.1, 0.15) is 36.1 Å². The van der Waals surface area contributed by atoms with Crippen LogP contribution in [0.2, 0.25) is 0 Å². The van der Waals surface area contributed by atoms with E-state index < -0.39 is 0 Å². The zero-order valence-corrected chi connectivity index (χ0v) is 13.6. The Bertz CT molecular complexity index is 541. The van der Waals surface area contributed by atoms with Gasteiger partial charge in [0.05, 0.1) is 6.04 Å². The standard InChI is InChI=1S/C19H26N2/c1-5-19(17-10-6-15(2)7-11-17)20-18-12-8-16(9-13-18)14-21(3)4/h6-13,19-20H,5,14H2,1-4H3. The SMILES string of the molecule is CCC(Nc1ccc(CN(C)C)cc1)c1ccc(C)cc1. The summed E-state index contributed by atoms with van der Waals surface area (Å²) in [6, 6.07) is 17.9. The molecule has 0 radical (unpaired) electrons. The molecular formula is C19H26N2. The average molecular weight is 282 g/mol. The van der Waals surface area contributed by atoms with Crippen LogP contribution in [-0.2, 0) is 6.54 Å². The highest BCUT2D eigenvalue weighted by atomic mass is 15.0. The molecule has 0 saturated carbocycles. The lowest BCUT2D eigenvalue weighted by molar-refractivity contribution is 0.402. The fourth-order valence-corrected chi connectivity index (χ4v) is 2.49. The van der Waals surface area contributed by atoms with Crippen LogP contribution in [0.3, 0.4) is 0 Å². The van der Waals surface area contributed by atoms with E-state index in [0.717, 1.165) is 13.0 Å². The van der Waals surface area contributed by atoms with Crippen molar-refractivity contribution in [2.75, 3.05) is 19.4 Å². The minimum absolute atomic E-state index is 0.366. The monoisotopic (exact) mass is 282 g/mol. The summed E-state index contributed by atoms with van der Waals surface area (Å²) in [5.41, 5.74) is 5.18. The van der Waals surface area contributed by atoms with Crippen molar-refractivity contribution < 1.29 is 0 Å². The smallest absolute Gasteiger partial charge is 0.0511 e. The highest BCUT2D eigenvalue weighted by Gasteiger charge is 2.08. The molecule has 1 unspecified atom stereocenters. The Morgan fingerprint density at radius 2 is 1.57 bits per heavy atom. The second kappa shape index (κ2) is 7.28. The highest BCUT2D eigenvalue weighted by molar-refractivity contribution is 5.47. The van der Waals surface area contributed by atoms with Crippen molar-refractivity contribution in [2.45, 2.75) is 32.9 Å². The minimum Gasteiger partial charge on any atom is -0.378 e. The summed E-state index contributed by atoms with van der Waals surface area (Å²) < 4.78 is 0. The van der Waals surface area contributed by atoms with E-state index in [1.54, 1.807) is 0 Å². The molecule has 2 nitrogen and oxygen atoms in total. The Morgan fingerprint density at radius 3 is 2.10 bits per heavy atom. The largest absolute Gasteiger partial charge is 0.378 e. The van der Waals surface area contributed by atoms with E-state index in [1.165, 1.54) is 22.4 Å². The number of aryl methyl sites for hydroxylation is 1. The van der Waals surface area contributed by atoms with Crippen molar-refractivity contribution in [1.29, 1.82) is 0 Å². The fourth-order valence-electron chi connectivity index (χ4n) is 2.49. The van der Waals surface area contributed by atoms with Gasteiger partial charge < -0.3 is 10.2 Å². The summed E-state index contributed by atoms with van der Waals surface area (Å²) in [6.07, 6.45) is 1.07. The molecule has 0 aromatic heterocycles. The molecular weight excluding hydrogens is 256 g/mol. The molecule has 2 aromatic carbocycles. The van der Waals surface area contributed by atoms with Gasteiger partial charge >= 0.3 is 0 Å². The first-order valence-corrected chi connectivity index (χ1v) is 7.65. The molecule has 0 amide bonds. The second-order valence-electron chi connectivity index (χ2n) is 5.95. The van der Waals surface area contributed by atoms with Crippen molar-refractivity contribution in [2.24, 2.45) is 0 Å². The summed E-state index contributed by atoms with van der Waals surface area (Å²) in [5.74, 6) is 0. The van der Waals surface area contributed by atoms with Gasteiger partial charge in [-0.05, 0) is 50.7 Å². The van der Waals surface area contributed by atoms with E-state index in [-0.39, 0.29) is 0 Å². The third kappa shape index (κ3) is 4.61. The molecule has 0 aliphatic rings. The third-order valence-electron chi connectivity index (χ3n) is 3.68. The van der Waals surface area contributed by atoms with Crippen LogP contribution in [0.25, 0.3) is 0 Å². The number of hydrogen-bond donors (Lipinski definition) is 1. The van der Waals surface area contributed by atoms with Crippen molar-refractivity contribution in [1.82, 2.24) is 4.90 Å². The zero-order chi connectivity index (χ0) is 15.2. The van der Waals surface area contributed by atoms with E-state index in [1.807, 2.05) is 0 Å². The van der Waals surface area contributed by atoms with Gasteiger partial charge in [-0.25, -0.2) is 0 Å². The van der Waals surface area contributed by atoms with Crippen LogP contribution in [0.15, 0.2) is 48.5 Å². The van der Waals surface area contributed by atoms with Gasteiger partial charge in [-0.2, -0.15) is 0 Å². The molecule has 0 bridgehead atoms. The molecule has 0 heterocycles. The lowest BCUT2D eigenvalue weighted by Gasteiger charge is -2.19. The molecule has 0 saturated heterocycles. The first-order valence-electron chi connectivity index (χ1n) is 7.65.